The molecule has 0 heterocycles. The molecular formula is C4H10O4Si2. The van der Waals surface area contributed by atoms with E-state index < -0.39 is 18.6 Å². The zero-order valence-corrected chi connectivity index (χ0v) is 8.88. The fourth-order valence-corrected chi connectivity index (χ4v) is 3.34. The summed E-state index contributed by atoms with van der Waals surface area (Å²) in [6, 6.07) is 0. The Kier molecular flexibility index (Phi) is 4.86. The van der Waals surface area contributed by atoms with Gasteiger partial charge in [0.15, 0.2) is 0 Å². The molecule has 10 heavy (non-hydrogen) atoms. The second-order valence-electron chi connectivity index (χ2n) is 1.68. The van der Waals surface area contributed by atoms with Gasteiger partial charge in [0.05, 0.1) is 0 Å². The molecule has 4 nitrogen and oxygen atoms in total. The Morgan fingerprint density at radius 3 is 1.50 bits per heavy atom. The molecule has 0 atom stereocenters. The molecule has 0 aliphatic carbocycles. The van der Waals surface area contributed by atoms with Crippen molar-refractivity contribution in [1.82, 2.24) is 0 Å². The van der Waals surface area contributed by atoms with Crippen LogP contribution in [0.3, 0.4) is 0 Å². The van der Waals surface area contributed by atoms with E-state index in [1.165, 1.54) is 13.8 Å². The highest BCUT2D eigenvalue weighted by atomic mass is 29.2. The van der Waals surface area contributed by atoms with Gasteiger partial charge in [-0.15, -0.1) is 0 Å². The molecule has 0 spiro atoms. The van der Waals surface area contributed by atoms with Crippen LogP contribution in [0.2, 0.25) is 0 Å². The SMILES string of the molecule is CC(=O)O[SiH2][SiH2]OC(C)=O. The van der Waals surface area contributed by atoms with Crippen molar-refractivity contribution in [1.29, 1.82) is 0 Å². The van der Waals surface area contributed by atoms with E-state index in [1.54, 1.807) is 0 Å². The van der Waals surface area contributed by atoms with Crippen LogP contribution >= 0.6 is 0 Å². The minimum Gasteiger partial charge on any atom is -0.525 e. The summed E-state index contributed by atoms with van der Waals surface area (Å²) in [5, 5.41) is 0. The first-order valence-corrected chi connectivity index (χ1v) is 8.05. The molecule has 0 saturated carbocycles. The van der Waals surface area contributed by atoms with Crippen LogP contribution < -0.4 is 0 Å². The quantitative estimate of drug-likeness (QED) is 0.378. The van der Waals surface area contributed by atoms with Gasteiger partial charge in [0.1, 0.15) is 0 Å². The zero-order valence-electron chi connectivity index (χ0n) is 6.05. The maximum Gasteiger partial charge on any atom is 0.288 e. The van der Waals surface area contributed by atoms with Crippen LogP contribution in [-0.2, 0) is 18.4 Å². The van der Waals surface area contributed by atoms with E-state index in [1.807, 2.05) is 0 Å². The van der Waals surface area contributed by atoms with Crippen molar-refractivity contribution in [2.45, 2.75) is 13.8 Å². The highest BCUT2D eigenvalue weighted by molar-refractivity contribution is 6.95. The molecule has 0 rings (SSSR count). The first-order valence-electron chi connectivity index (χ1n) is 2.89. The number of hydrogen-bond acceptors (Lipinski definition) is 4. The van der Waals surface area contributed by atoms with Crippen LogP contribution in [0.4, 0.5) is 0 Å². The molecule has 58 valence electrons. The van der Waals surface area contributed by atoms with Crippen LogP contribution in [0.25, 0.3) is 0 Å². The van der Waals surface area contributed by atoms with E-state index in [-0.39, 0.29) is 11.9 Å². The van der Waals surface area contributed by atoms with Gasteiger partial charge in [-0.3, -0.25) is 9.59 Å². The molecule has 0 saturated heterocycles. The molecule has 6 heteroatoms. The lowest BCUT2D eigenvalue weighted by atomic mass is 10.9. The Morgan fingerprint density at radius 2 is 1.30 bits per heavy atom. The number of hydrogen-bond donors (Lipinski definition) is 0. The minimum absolute atomic E-state index is 0.272. The monoisotopic (exact) mass is 178 g/mol. The van der Waals surface area contributed by atoms with E-state index in [0.29, 0.717) is 0 Å². The van der Waals surface area contributed by atoms with Crippen molar-refractivity contribution in [3.05, 3.63) is 0 Å². The lowest BCUT2D eigenvalue weighted by Crippen LogP contribution is -2.17. The second-order valence-corrected chi connectivity index (χ2v) is 5.52. The average molecular weight is 178 g/mol. The molecule has 0 N–H and O–H groups in total. The molecular weight excluding hydrogens is 168 g/mol. The largest absolute Gasteiger partial charge is 0.525 e. The van der Waals surface area contributed by atoms with Gasteiger partial charge in [-0.1, -0.05) is 0 Å². The van der Waals surface area contributed by atoms with Crippen LogP contribution in [0, 0.1) is 0 Å². The highest BCUT2D eigenvalue weighted by Crippen LogP contribution is 1.74. The molecule has 0 unspecified atom stereocenters. The highest BCUT2D eigenvalue weighted by Gasteiger charge is 1.96. The third kappa shape index (κ3) is 7.37. The van der Waals surface area contributed by atoms with E-state index >= 15 is 0 Å². The van der Waals surface area contributed by atoms with Gasteiger partial charge in [-0.2, -0.15) is 0 Å². The average Bonchev–Trinajstić information content (AvgIpc) is 1.79. The molecule has 0 amide bonds. The Morgan fingerprint density at radius 1 is 1.00 bits per heavy atom. The summed E-state index contributed by atoms with van der Waals surface area (Å²) < 4.78 is 9.35. The van der Waals surface area contributed by atoms with Crippen molar-refractivity contribution >= 4 is 30.5 Å². The van der Waals surface area contributed by atoms with E-state index in [2.05, 4.69) is 8.85 Å². The first kappa shape index (κ1) is 9.37. The Labute approximate surface area is 63.6 Å². The molecule has 0 aromatic heterocycles. The van der Waals surface area contributed by atoms with Crippen molar-refractivity contribution in [2.75, 3.05) is 0 Å². The fourth-order valence-electron chi connectivity index (χ4n) is 0.371. The zero-order chi connectivity index (χ0) is 7.98. The summed E-state index contributed by atoms with van der Waals surface area (Å²) >= 11 is 0. The number of carbonyl (C=O) groups is 2. The Bertz CT molecular complexity index is 119. The summed E-state index contributed by atoms with van der Waals surface area (Å²) in [4.78, 5) is 20.4. The van der Waals surface area contributed by atoms with Crippen molar-refractivity contribution in [3.63, 3.8) is 0 Å². The Hall–Kier alpha value is -0.626. The summed E-state index contributed by atoms with van der Waals surface area (Å²) in [7, 11) is -1.67. The van der Waals surface area contributed by atoms with Crippen LogP contribution in [0.1, 0.15) is 13.8 Å². The fraction of sp³-hybridized carbons (Fsp3) is 0.500. The van der Waals surface area contributed by atoms with Gasteiger partial charge >= 0.3 is 0 Å². The standard InChI is InChI=1S/C4H10O4Si2/c1-3(5)7-9-10-8-4(2)6/h9-10H2,1-2H3. The van der Waals surface area contributed by atoms with Gasteiger partial charge in [0, 0.05) is 13.8 Å². The van der Waals surface area contributed by atoms with Crippen LogP contribution in [0.5, 0.6) is 0 Å². The predicted octanol–water partition coefficient (Wildman–Crippen LogP) is -1.80. The molecule has 0 radical (unpaired) electrons. The normalized spacial score (nSPS) is 11.0. The summed E-state index contributed by atoms with van der Waals surface area (Å²) in [5.74, 6) is -0.544. The maximum atomic E-state index is 10.2. The van der Waals surface area contributed by atoms with Gasteiger partial charge in [-0.25, -0.2) is 0 Å². The molecule has 0 aromatic rings. The van der Waals surface area contributed by atoms with Crippen LogP contribution in [-0.4, -0.2) is 30.5 Å². The maximum absolute atomic E-state index is 10.2. The summed E-state index contributed by atoms with van der Waals surface area (Å²) in [6.07, 6.45) is 0. The van der Waals surface area contributed by atoms with Gasteiger partial charge in [-0.05, 0) is 0 Å². The number of rotatable bonds is 3. The second kappa shape index (κ2) is 5.18. The smallest absolute Gasteiger partial charge is 0.288 e. The predicted molar refractivity (Wildman–Crippen MR) is 40.6 cm³/mol. The lowest BCUT2D eigenvalue weighted by molar-refractivity contribution is -0.133. The topological polar surface area (TPSA) is 52.6 Å². The molecule has 0 bridgehead atoms. The van der Waals surface area contributed by atoms with Gasteiger partial charge in [0.25, 0.3) is 11.9 Å². The molecule has 0 aliphatic rings. The summed E-state index contributed by atoms with van der Waals surface area (Å²) in [5.41, 5.74) is 0. The first-order chi connectivity index (χ1) is 4.63. The van der Waals surface area contributed by atoms with Gasteiger partial charge in [0.2, 0.25) is 18.6 Å². The molecule has 0 aromatic carbocycles. The third-order valence-electron chi connectivity index (χ3n) is 0.694. The Balaban J connectivity index is 3.06. The summed E-state index contributed by atoms with van der Waals surface area (Å²) in [6.45, 7) is 2.71. The third-order valence-corrected chi connectivity index (χ3v) is 3.81. The van der Waals surface area contributed by atoms with Crippen molar-refractivity contribution in [2.24, 2.45) is 0 Å². The minimum atomic E-state index is -0.833. The molecule has 0 fully saturated rings. The van der Waals surface area contributed by atoms with Crippen molar-refractivity contribution < 1.29 is 18.4 Å². The van der Waals surface area contributed by atoms with Crippen LogP contribution in [0.15, 0.2) is 0 Å². The number of carbonyl (C=O) groups excluding carboxylic acids is 2. The molecule has 0 aliphatic heterocycles. The van der Waals surface area contributed by atoms with E-state index in [4.69, 9.17) is 0 Å². The van der Waals surface area contributed by atoms with E-state index in [0.717, 1.165) is 0 Å². The van der Waals surface area contributed by atoms with Gasteiger partial charge < -0.3 is 8.85 Å². The van der Waals surface area contributed by atoms with Crippen molar-refractivity contribution in [3.8, 4) is 0 Å². The van der Waals surface area contributed by atoms with E-state index in [9.17, 15) is 9.59 Å². The lowest BCUT2D eigenvalue weighted by Gasteiger charge is -1.99.